The van der Waals surface area contributed by atoms with Crippen molar-refractivity contribution in [3.8, 4) is 11.3 Å². The summed E-state index contributed by atoms with van der Waals surface area (Å²) in [5, 5.41) is 10.4. The third kappa shape index (κ3) is 2.40. The molecule has 0 spiro atoms. The lowest BCUT2D eigenvalue weighted by Gasteiger charge is -2.05. The van der Waals surface area contributed by atoms with Gasteiger partial charge in [-0.1, -0.05) is 23.8 Å². The average Bonchev–Trinajstić information content (AvgIpc) is 2.61. The van der Waals surface area contributed by atoms with Crippen molar-refractivity contribution in [2.75, 3.05) is 0 Å². The molecule has 0 amide bonds. The molecule has 1 aromatic heterocycles. The minimum absolute atomic E-state index is 0.488. The lowest BCUT2D eigenvalue weighted by Crippen LogP contribution is -1.91. The highest BCUT2D eigenvalue weighted by Gasteiger charge is 2.14. The second-order valence-electron chi connectivity index (χ2n) is 4.45. The Morgan fingerprint density at radius 2 is 1.94 bits per heavy atom. The molecule has 0 aliphatic heterocycles. The van der Waals surface area contributed by atoms with Gasteiger partial charge in [0, 0.05) is 10.4 Å². The number of aromatic nitrogens is 1. The number of rotatable bonds is 2. The molecule has 0 bridgehead atoms. The Balaban J connectivity index is 2.52. The van der Waals surface area contributed by atoms with Crippen molar-refractivity contribution in [2.24, 2.45) is 0 Å². The van der Waals surface area contributed by atoms with E-state index in [0.29, 0.717) is 0 Å². The maximum atomic E-state index is 9.57. The van der Waals surface area contributed by atoms with Gasteiger partial charge < -0.3 is 5.11 Å². The Labute approximate surface area is 106 Å². The monoisotopic (exact) mass is 247 g/mol. The normalized spacial score (nSPS) is 12.8. The number of benzene rings is 1. The summed E-state index contributed by atoms with van der Waals surface area (Å²) in [7, 11) is 0. The molecule has 0 aliphatic carbocycles. The third-order valence-electron chi connectivity index (χ3n) is 2.81. The van der Waals surface area contributed by atoms with Crippen molar-refractivity contribution in [1.82, 2.24) is 4.98 Å². The highest BCUT2D eigenvalue weighted by Crippen LogP contribution is 2.32. The van der Waals surface area contributed by atoms with Crippen LogP contribution in [0.4, 0.5) is 0 Å². The molecule has 0 saturated heterocycles. The SMILES string of the molecule is Cc1ccc(-c2nc(C(C)O)sc2C)c(C)c1. The molecule has 0 fully saturated rings. The molecule has 1 heterocycles. The summed E-state index contributed by atoms with van der Waals surface area (Å²) >= 11 is 1.57. The van der Waals surface area contributed by atoms with Gasteiger partial charge in [0.15, 0.2) is 0 Å². The van der Waals surface area contributed by atoms with Crippen LogP contribution < -0.4 is 0 Å². The van der Waals surface area contributed by atoms with Crippen LogP contribution in [0.15, 0.2) is 18.2 Å². The topological polar surface area (TPSA) is 33.1 Å². The lowest BCUT2D eigenvalue weighted by atomic mass is 10.0. The molecule has 0 radical (unpaired) electrons. The Morgan fingerprint density at radius 1 is 1.24 bits per heavy atom. The molecule has 3 heteroatoms. The van der Waals surface area contributed by atoms with Crippen LogP contribution in [0.2, 0.25) is 0 Å². The Kier molecular flexibility index (Phi) is 3.31. The van der Waals surface area contributed by atoms with Gasteiger partial charge in [-0.15, -0.1) is 11.3 Å². The van der Waals surface area contributed by atoms with Crippen molar-refractivity contribution < 1.29 is 5.11 Å². The van der Waals surface area contributed by atoms with Crippen molar-refractivity contribution in [2.45, 2.75) is 33.8 Å². The van der Waals surface area contributed by atoms with Crippen LogP contribution in [-0.4, -0.2) is 10.1 Å². The maximum absolute atomic E-state index is 9.57. The minimum Gasteiger partial charge on any atom is -0.386 e. The number of aliphatic hydroxyl groups is 1. The van der Waals surface area contributed by atoms with Gasteiger partial charge in [0.2, 0.25) is 0 Å². The molecule has 1 unspecified atom stereocenters. The smallest absolute Gasteiger partial charge is 0.122 e. The number of nitrogens with zero attached hydrogens (tertiary/aromatic N) is 1. The minimum atomic E-state index is -0.488. The number of aliphatic hydroxyl groups excluding tert-OH is 1. The summed E-state index contributed by atoms with van der Waals surface area (Å²) in [6.45, 7) is 8.00. The second-order valence-corrected chi connectivity index (χ2v) is 5.69. The quantitative estimate of drug-likeness (QED) is 0.876. The van der Waals surface area contributed by atoms with Crippen molar-refractivity contribution in [3.63, 3.8) is 0 Å². The number of hydrogen-bond acceptors (Lipinski definition) is 3. The van der Waals surface area contributed by atoms with Crippen LogP contribution in [0.3, 0.4) is 0 Å². The molecule has 0 aliphatic rings. The molecule has 0 saturated carbocycles. The van der Waals surface area contributed by atoms with Crippen LogP contribution in [-0.2, 0) is 0 Å². The van der Waals surface area contributed by atoms with Crippen molar-refractivity contribution in [3.05, 3.63) is 39.2 Å². The van der Waals surface area contributed by atoms with Crippen LogP contribution >= 0.6 is 11.3 Å². The first kappa shape index (κ1) is 12.3. The predicted octanol–water partition coefficient (Wildman–Crippen LogP) is 3.79. The fourth-order valence-electron chi connectivity index (χ4n) is 1.92. The Hall–Kier alpha value is -1.19. The summed E-state index contributed by atoms with van der Waals surface area (Å²) in [4.78, 5) is 5.70. The molecular weight excluding hydrogens is 230 g/mol. The van der Waals surface area contributed by atoms with Gasteiger partial charge in [0.1, 0.15) is 11.1 Å². The zero-order chi connectivity index (χ0) is 12.6. The summed E-state index contributed by atoms with van der Waals surface area (Å²) in [5.74, 6) is 0. The van der Waals surface area contributed by atoms with E-state index in [0.717, 1.165) is 21.1 Å². The molecular formula is C14H17NOS. The number of hydrogen-bond donors (Lipinski definition) is 1. The first-order valence-electron chi connectivity index (χ1n) is 5.72. The lowest BCUT2D eigenvalue weighted by molar-refractivity contribution is 0.199. The summed E-state index contributed by atoms with van der Waals surface area (Å²) < 4.78 is 0. The number of thiazole rings is 1. The van der Waals surface area contributed by atoms with Crippen LogP contribution in [0.5, 0.6) is 0 Å². The van der Waals surface area contributed by atoms with E-state index in [1.807, 2.05) is 0 Å². The maximum Gasteiger partial charge on any atom is 0.122 e. The molecule has 2 aromatic rings. The zero-order valence-corrected chi connectivity index (χ0v) is 11.4. The van der Waals surface area contributed by atoms with E-state index in [1.165, 1.54) is 11.1 Å². The fourth-order valence-corrected chi connectivity index (χ4v) is 2.80. The van der Waals surface area contributed by atoms with Gasteiger partial charge in [-0.05, 0) is 33.3 Å². The summed E-state index contributed by atoms with van der Waals surface area (Å²) in [6, 6.07) is 6.37. The number of aryl methyl sites for hydroxylation is 3. The van der Waals surface area contributed by atoms with Crippen LogP contribution in [0.1, 0.15) is 34.0 Å². The van der Waals surface area contributed by atoms with E-state index in [9.17, 15) is 5.11 Å². The Morgan fingerprint density at radius 3 is 2.47 bits per heavy atom. The molecule has 2 rings (SSSR count). The van der Waals surface area contributed by atoms with E-state index in [4.69, 9.17) is 0 Å². The van der Waals surface area contributed by atoms with E-state index in [1.54, 1.807) is 18.3 Å². The van der Waals surface area contributed by atoms with Crippen molar-refractivity contribution >= 4 is 11.3 Å². The standard InChI is InChI=1S/C14H17NOS/c1-8-5-6-12(9(2)7-8)13-11(4)17-14(15-13)10(3)16/h5-7,10,16H,1-4H3. The van der Waals surface area contributed by atoms with E-state index in [-0.39, 0.29) is 0 Å². The van der Waals surface area contributed by atoms with Gasteiger partial charge in [0.05, 0.1) is 5.69 Å². The van der Waals surface area contributed by atoms with Crippen LogP contribution in [0.25, 0.3) is 11.3 Å². The van der Waals surface area contributed by atoms with E-state index < -0.39 is 6.10 Å². The first-order chi connectivity index (χ1) is 7.99. The first-order valence-corrected chi connectivity index (χ1v) is 6.53. The van der Waals surface area contributed by atoms with Crippen molar-refractivity contribution in [1.29, 1.82) is 0 Å². The van der Waals surface area contributed by atoms with Gasteiger partial charge in [-0.2, -0.15) is 0 Å². The molecule has 1 aromatic carbocycles. The molecule has 1 atom stereocenters. The zero-order valence-electron chi connectivity index (χ0n) is 10.6. The van der Waals surface area contributed by atoms with Crippen LogP contribution in [0, 0.1) is 20.8 Å². The van der Waals surface area contributed by atoms with Gasteiger partial charge in [0.25, 0.3) is 0 Å². The Bertz CT molecular complexity index is 543. The molecule has 2 nitrogen and oxygen atoms in total. The van der Waals surface area contributed by atoms with Gasteiger partial charge >= 0.3 is 0 Å². The van der Waals surface area contributed by atoms with Gasteiger partial charge in [-0.3, -0.25) is 0 Å². The highest BCUT2D eigenvalue weighted by molar-refractivity contribution is 7.12. The predicted molar refractivity (Wildman–Crippen MR) is 72.4 cm³/mol. The molecule has 90 valence electrons. The fraction of sp³-hybridized carbons (Fsp3) is 0.357. The van der Waals surface area contributed by atoms with E-state index in [2.05, 4.69) is 44.0 Å². The molecule has 17 heavy (non-hydrogen) atoms. The average molecular weight is 247 g/mol. The van der Waals surface area contributed by atoms with E-state index >= 15 is 0 Å². The third-order valence-corrected chi connectivity index (χ3v) is 3.95. The highest BCUT2D eigenvalue weighted by atomic mass is 32.1. The summed E-state index contributed by atoms with van der Waals surface area (Å²) in [5.41, 5.74) is 4.66. The largest absolute Gasteiger partial charge is 0.386 e. The van der Waals surface area contributed by atoms with Gasteiger partial charge in [-0.25, -0.2) is 4.98 Å². The second kappa shape index (κ2) is 4.59. The molecule has 1 N–H and O–H groups in total. The summed E-state index contributed by atoms with van der Waals surface area (Å²) in [6.07, 6.45) is -0.488.